The molecule has 3 aliphatic rings. The second-order valence-corrected chi connectivity index (χ2v) is 10.3. The van der Waals surface area contributed by atoms with Gasteiger partial charge in [0.15, 0.2) is 5.43 Å². The van der Waals surface area contributed by atoms with Crippen molar-refractivity contribution in [1.82, 2.24) is 4.68 Å². The molecule has 2 aromatic rings. The van der Waals surface area contributed by atoms with Crippen LogP contribution in [0.1, 0.15) is 49.2 Å². The number of aromatic nitrogens is 1. The van der Waals surface area contributed by atoms with E-state index in [1.807, 2.05) is 18.2 Å². The summed E-state index contributed by atoms with van der Waals surface area (Å²) >= 11 is 6.84. The van der Waals surface area contributed by atoms with Crippen molar-refractivity contribution in [3.63, 3.8) is 0 Å². The molecule has 0 radical (unpaired) electrons. The molecular formula is C23H25ClN2O5. The molecule has 1 N–H and O–H groups in total. The topological polar surface area (TPSA) is 81.0 Å². The molecule has 2 fully saturated rings. The standard InChI is InChI=1S/C23H25ClN2O5/c1-22(2)8-17(24)20-15-6-13(31-12-23(3)10-30-11-23)4-5-14(15)18-7-19(27)16(21(28)29)9-25(18)26(20)22/h4-7,9,17,20H,8,10-12H2,1-3H3,(H,28,29)/t17-,20?/m1/s1. The van der Waals surface area contributed by atoms with Gasteiger partial charge in [-0.25, -0.2) is 4.79 Å². The van der Waals surface area contributed by atoms with Gasteiger partial charge in [-0.15, -0.1) is 11.6 Å². The van der Waals surface area contributed by atoms with Crippen LogP contribution in [0, 0.1) is 5.41 Å². The number of benzene rings is 1. The number of aromatic carboxylic acids is 1. The summed E-state index contributed by atoms with van der Waals surface area (Å²) in [7, 11) is 0. The zero-order chi connectivity index (χ0) is 22.1. The van der Waals surface area contributed by atoms with Gasteiger partial charge < -0.3 is 14.6 Å². The van der Waals surface area contributed by atoms with Gasteiger partial charge in [0.2, 0.25) is 0 Å². The number of nitrogens with zero attached hydrogens (tertiary/aromatic N) is 2. The third-order valence-electron chi connectivity index (χ3n) is 6.52. The van der Waals surface area contributed by atoms with Crippen LogP contribution in [-0.4, -0.2) is 46.5 Å². The van der Waals surface area contributed by atoms with E-state index in [9.17, 15) is 14.7 Å². The van der Waals surface area contributed by atoms with Crippen molar-refractivity contribution >= 4 is 17.6 Å². The molecule has 2 saturated heterocycles. The zero-order valence-corrected chi connectivity index (χ0v) is 18.5. The molecule has 1 unspecified atom stereocenters. The Morgan fingerprint density at radius 2 is 2.03 bits per heavy atom. The highest BCUT2D eigenvalue weighted by atomic mass is 35.5. The summed E-state index contributed by atoms with van der Waals surface area (Å²) in [4.78, 5) is 24.1. The maximum absolute atomic E-state index is 12.5. The Morgan fingerprint density at radius 3 is 2.68 bits per heavy atom. The maximum atomic E-state index is 12.5. The largest absolute Gasteiger partial charge is 0.493 e. The maximum Gasteiger partial charge on any atom is 0.341 e. The van der Waals surface area contributed by atoms with Crippen molar-refractivity contribution < 1.29 is 19.4 Å². The number of carboxylic acid groups (broad SMARTS) is 1. The zero-order valence-electron chi connectivity index (χ0n) is 17.7. The number of hydrogen-bond acceptors (Lipinski definition) is 5. The van der Waals surface area contributed by atoms with Crippen LogP contribution >= 0.6 is 11.6 Å². The van der Waals surface area contributed by atoms with E-state index < -0.39 is 11.4 Å². The van der Waals surface area contributed by atoms with E-state index in [0.29, 0.717) is 31.9 Å². The average molecular weight is 445 g/mol. The van der Waals surface area contributed by atoms with Gasteiger partial charge in [-0.1, -0.05) is 6.92 Å². The summed E-state index contributed by atoms with van der Waals surface area (Å²) in [6, 6.07) is 7.06. The Balaban J connectivity index is 1.64. The predicted octanol–water partition coefficient (Wildman–Crippen LogP) is 3.41. The molecule has 2 atom stereocenters. The summed E-state index contributed by atoms with van der Waals surface area (Å²) in [6.45, 7) is 8.23. The number of carboxylic acids is 1. The van der Waals surface area contributed by atoms with Crippen molar-refractivity contribution in [2.24, 2.45) is 5.41 Å². The first-order valence-corrected chi connectivity index (χ1v) is 10.8. The monoisotopic (exact) mass is 444 g/mol. The lowest BCUT2D eigenvalue weighted by molar-refractivity contribution is -0.120. The minimum atomic E-state index is -1.24. The molecule has 3 aliphatic heterocycles. The van der Waals surface area contributed by atoms with E-state index in [1.54, 1.807) is 4.68 Å². The van der Waals surface area contributed by atoms with Gasteiger partial charge in [0.25, 0.3) is 0 Å². The Bertz CT molecular complexity index is 1140. The molecule has 8 heteroatoms. The molecule has 31 heavy (non-hydrogen) atoms. The predicted molar refractivity (Wildman–Crippen MR) is 117 cm³/mol. The van der Waals surface area contributed by atoms with E-state index in [1.165, 1.54) is 12.3 Å². The minimum absolute atomic E-state index is 0.0272. The number of fused-ring (bicyclic) bond motifs is 6. The van der Waals surface area contributed by atoms with Crippen LogP contribution in [0.4, 0.5) is 0 Å². The van der Waals surface area contributed by atoms with E-state index >= 15 is 0 Å². The summed E-state index contributed by atoms with van der Waals surface area (Å²) in [5, 5.41) is 11.4. The third kappa shape index (κ3) is 3.13. The molecule has 0 spiro atoms. The van der Waals surface area contributed by atoms with Gasteiger partial charge in [0.05, 0.1) is 42.5 Å². The number of alkyl halides is 1. The number of hydrogen-bond donors (Lipinski definition) is 1. The minimum Gasteiger partial charge on any atom is -0.493 e. The van der Waals surface area contributed by atoms with Gasteiger partial charge in [-0.05, 0) is 44.0 Å². The normalized spacial score (nSPS) is 24.6. The highest BCUT2D eigenvalue weighted by Gasteiger charge is 2.50. The average Bonchev–Trinajstić information content (AvgIpc) is 2.93. The summed E-state index contributed by atoms with van der Waals surface area (Å²) in [5.74, 6) is -0.488. The lowest BCUT2D eigenvalue weighted by Crippen LogP contribution is -2.50. The van der Waals surface area contributed by atoms with E-state index in [0.717, 1.165) is 16.9 Å². The molecule has 164 valence electrons. The molecule has 4 heterocycles. The Hall–Kier alpha value is -2.51. The molecule has 7 nitrogen and oxygen atoms in total. The van der Waals surface area contributed by atoms with Gasteiger partial charge in [-0.2, -0.15) is 0 Å². The van der Waals surface area contributed by atoms with Crippen molar-refractivity contribution in [2.75, 3.05) is 24.8 Å². The van der Waals surface area contributed by atoms with Crippen LogP contribution in [0.2, 0.25) is 0 Å². The van der Waals surface area contributed by atoms with Gasteiger partial charge in [0.1, 0.15) is 11.3 Å². The molecule has 0 saturated carbocycles. The first kappa shape index (κ1) is 20.4. The fraction of sp³-hybridized carbons (Fsp3) is 0.478. The summed E-state index contributed by atoms with van der Waals surface area (Å²) in [5.41, 5.74) is 1.44. The van der Waals surface area contributed by atoms with Crippen molar-refractivity contribution in [1.29, 1.82) is 0 Å². The summed E-state index contributed by atoms with van der Waals surface area (Å²) in [6.07, 6.45) is 2.14. The van der Waals surface area contributed by atoms with Gasteiger partial charge in [0, 0.05) is 23.2 Å². The third-order valence-corrected chi connectivity index (χ3v) is 6.91. The second-order valence-electron chi connectivity index (χ2n) is 9.75. The molecule has 0 bridgehead atoms. The lowest BCUT2D eigenvalue weighted by atomic mass is 9.90. The number of rotatable bonds is 4. The smallest absolute Gasteiger partial charge is 0.341 e. The highest BCUT2D eigenvalue weighted by Crippen LogP contribution is 2.50. The van der Waals surface area contributed by atoms with Crippen LogP contribution in [-0.2, 0) is 4.74 Å². The lowest BCUT2D eigenvalue weighted by Gasteiger charge is -2.44. The van der Waals surface area contributed by atoms with Crippen molar-refractivity contribution in [2.45, 2.75) is 44.1 Å². The molecular weight excluding hydrogens is 420 g/mol. The SMILES string of the molecule is CC1(COc2ccc3c(c2)C2[C@H](Cl)CC(C)(C)N2n2cc(C(=O)O)c(=O)cc2-3)COC1. The first-order valence-electron chi connectivity index (χ1n) is 10.4. The Kier molecular flexibility index (Phi) is 4.44. The van der Waals surface area contributed by atoms with E-state index in [2.05, 4.69) is 25.8 Å². The number of pyridine rings is 1. The van der Waals surface area contributed by atoms with Crippen molar-refractivity contribution in [3.8, 4) is 17.0 Å². The van der Waals surface area contributed by atoms with Crippen LogP contribution < -0.4 is 15.2 Å². The Labute approximate surface area is 185 Å². The van der Waals surface area contributed by atoms with Crippen molar-refractivity contribution in [3.05, 3.63) is 51.8 Å². The molecule has 1 aromatic heterocycles. The van der Waals surface area contributed by atoms with Gasteiger partial charge >= 0.3 is 5.97 Å². The van der Waals surface area contributed by atoms with E-state index in [4.69, 9.17) is 21.1 Å². The van der Waals surface area contributed by atoms with Crippen LogP contribution in [0.5, 0.6) is 5.75 Å². The fourth-order valence-corrected chi connectivity index (χ4v) is 5.55. The fourth-order valence-electron chi connectivity index (χ4n) is 4.93. The van der Waals surface area contributed by atoms with Crippen LogP contribution in [0.3, 0.4) is 0 Å². The number of halogens is 1. The quantitative estimate of drug-likeness (QED) is 0.728. The molecule has 1 aromatic carbocycles. The molecule has 0 amide bonds. The summed E-state index contributed by atoms with van der Waals surface area (Å²) < 4.78 is 13.2. The Morgan fingerprint density at radius 1 is 1.29 bits per heavy atom. The van der Waals surface area contributed by atoms with Crippen LogP contribution in [0.25, 0.3) is 11.3 Å². The van der Waals surface area contributed by atoms with Gasteiger partial charge in [-0.3, -0.25) is 14.5 Å². The molecule has 5 rings (SSSR count). The number of carbonyl (C=O) groups is 1. The first-order chi connectivity index (χ1) is 14.6. The second kappa shape index (κ2) is 6.74. The number of ether oxygens (including phenoxy) is 2. The van der Waals surface area contributed by atoms with E-state index in [-0.39, 0.29) is 27.9 Å². The van der Waals surface area contributed by atoms with Crippen LogP contribution in [0.15, 0.2) is 35.3 Å². The highest BCUT2D eigenvalue weighted by molar-refractivity contribution is 6.21. The molecule has 0 aliphatic carbocycles.